The lowest BCUT2D eigenvalue weighted by atomic mass is 10.0. The van der Waals surface area contributed by atoms with Gasteiger partial charge in [-0.1, -0.05) is 23.2 Å². The van der Waals surface area contributed by atoms with Crippen LogP contribution in [0.3, 0.4) is 0 Å². The van der Waals surface area contributed by atoms with E-state index in [2.05, 4.69) is 9.71 Å². The highest BCUT2D eigenvalue weighted by Gasteiger charge is 2.19. The first-order valence-corrected chi connectivity index (χ1v) is 15.0. The van der Waals surface area contributed by atoms with Crippen molar-refractivity contribution in [2.24, 2.45) is 4.40 Å². The second kappa shape index (κ2) is 13.4. The summed E-state index contributed by atoms with van der Waals surface area (Å²) >= 11 is 12.1. The molecule has 3 aromatic rings. The van der Waals surface area contributed by atoms with Gasteiger partial charge < -0.3 is 15.2 Å². The molecule has 0 bridgehead atoms. The topological polar surface area (TPSA) is 152 Å². The molecule has 0 aromatic heterocycles. The molecule has 1 aliphatic heterocycles. The van der Waals surface area contributed by atoms with Crippen molar-refractivity contribution in [3.05, 3.63) is 86.9 Å². The van der Waals surface area contributed by atoms with Crippen molar-refractivity contribution in [1.29, 1.82) is 5.26 Å². The second-order valence-electron chi connectivity index (χ2n) is 9.57. The molecule has 218 valence electrons. The Morgan fingerprint density at radius 1 is 1.07 bits per heavy atom. The number of hydrogen-bond donors (Lipinski definition) is 1. The van der Waals surface area contributed by atoms with Gasteiger partial charge in [0, 0.05) is 27.8 Å². The lowest BCUT2D eigenvalue weighted by Gasteiger charge is -2.19. The van der Waals surface area contributed by atoms with Gasteiger partial charge in [-0.3, -0.25) is 14.5 Å². The first kappa shape index (κ1) is 31.0. The zero-order valence-corrected chi connectivity index (χ0v) is 24.7. The number of ketones is 1. The number of amides is 1. The molecular weight excluding hydrogens is 603 g/mol. The monoisotopic (exact) mass is 627 g/mol. The van der Waals surface area contributed by atoms with E-state index in [-0.39, 0.29) is 43.9 Å². The summed E-state index contributed by atoms with van der Waals surface area (Å²) in [6.07, 6.45) is 1.92. The average molecular weight is 629 g/mol. The maximum absolute atomic E-state index is 13.2. The van der Waals surface area contributed by atoms with E-state index >= 15 is 0 Å². The number of benzene rings is 3. The van der Waals surface area contributed by atoms with Crippen LogP contribution in [-0.4, -0.2) is 57.1 Å². The van der Waals surface area contributed by atoms with Gasteiger partial charge in [0.2, 0.25) is 0 Å². The lowest BCUT2D eigenvalue weighted by molar-refractivity contribution is -0.218. The Hall–Kier alpha value is -3.95. The highest BCUT2D eigenvalue weighted by molar-refractivity contribution is 7.90. The number of carbonyl (C=O) groups is 2. The molecule has 0 atom stereocenters. The number of hydrogen-bond acceptors (Lipinski definition) is 8. The average Bonchev–Trinajstić information content (AvgIpc) is 3.45. The fourth-order valence-electron chi connectivity index (χ4n) is 4.36. The summed E-state index contributed by atoms with van der Waals surface area (Å²) in [5.41, 5.74) is 1.15. The third kappa shape index (κ3) is 7.86. The minimum absolute atomic E-state index is 0.0483. The van der Waals surface area contributed by atoms with Crippen LogP contribution in [-0.2, 0) is 14.8 Å². The molecule has 10 nitrogen and oxygen atoms in total. The smallest absolute Gasteiger partial charge is 0.281 e. The van der Waals surface area contributed by atoms with Crippen LogP contribution in [0, 0.1) is 18.3 Å². The SMILES string of the molecule is Cc1cc(S(=O)(=O)/N=C(/[O-])CN2CCCC2)ccc1NC(=O)COc1ccc(Cl)cc1C(=O)c1cc(Cl)cc(C#N)c1. The third-order valence-electron chi connectivity index (χ3n) is 6.38. The second-order valence-corrected chi connectivity index (χ2v) is 12.0. The van der Waals surface area contributed by atoms with Crippen LogP contribution in [0.25, 0.3) is 0 Å². The van der Waals surface area contributed by atoms with Gasteiger partial charge in [0.05, 0.1) is 22.1 Å². The Morgan fingerprint density at radius 2 is 1.81 bits per heavy atom. The Balaban J connectivity index is 1.44. The number of nitrogens with one attached hydrogen (secondary N) is 1. The summed E-state index contributed by atoms with van der Waals surface area (Å²) in [6.45, 7) is 2.53. The minimum atomic E-state index is -4.22. The van der Waals surface area contributed by atoms with E-state index in [0.717, 1.165) is 25.9 Å². The van der Waals surface area contributed by atoms with E-state index in [0.29, 0.717) is 11.3 Å². The van der Waals surface area contributed by atoms with Crippen molar-refractivity contribution in [2.75, 3.05) is 31.6 Å². The molecule has 0 unspecified atom stereocenters. The van der Waals surface area contributed by atoms with E-state index in [1.165, 1.54) is 54.6 Å². The van der Waals surface area contributed by atoms with Crippen molar-refractivity contribution in [3.63, 3.8) is 0 Å². The van der Waals surface area contributed by atoms with Gasteiger partial charge in [0.1, 0.15) is 5.75 Å². The number of aryl methyl sites for hydroxylation is 1. The predicted molar refractivity (Wildman–Crippen MR) is 157 cm³/mol. The van der Waals surface area contributed by atoms with Gasteiger partial charge in [-0.2, -0.15) is 18.1 Å². The van der Waals surface area contributed by atoms with Crippen LogP contribution in [0.4, 0.5) is 5.69 Å². The zero-order valence-electron chi connectivity index (χ0n) is 22.4. The molecule has 1 N–H and O–H groups in total. The Morgan fingerprint density at radius 3 is 2.50 bits per heavy atom. The number of likely N-dealkylation sites (tertiary alicyclic amines) is 1. The number of rotatable bonds is 10. The Labute approximate surface area is 253 Å². The molecule has 1 saturated heterocycles. The lowest BCUT2D eigenvalue weighted by Crippen LogP contribution is -2.34. The fourth-order valence-corrected chi connectivity index (χ4v) is 5.76. The van der Waals surface area contributed by atoms with Gasteiger partial charge >= 0.3 is 0 Å². The highest BCUT2D eigenvalue weighted by atomic mass is 35.5. The number of sulfonamides is 1. The molecule has 1 heterocycles. The molecule has 4 rings (SSSR count). The molecule has 0 radical (unpaired) electrons. The van der Waals surface area contributed by atoms with Gasteiger partial charge in [-0.15, -0.1) is 0 Å². The fraction of sp³-hybridized carbons (Fsp3) is 0.241. The molecule has 0 aliphatic carbocycles. The largest absolute Gasteiger partial charge is 0.860 e. The Kier molecular flexibility index (Phi) is 9.85. The number of ether oxygens (including phenoxy) is 1. The van der Waals surface area contributed by atoms with Crippen molar-refractivity contribution < 1.29 is 27.9 Å². The van der Waals surface area contributed by atoms with Crippen LogP contribution < -0.4 is 15.2 Å². The maximum Gasteiger partial charge on any atom is 0.281 e. The third-order valence-corrected chi connectivity index (χ3v) is 8.13. The Bertz CT molecular complexity index is 1710. The molecule has 13 heteroatoms. The van der Waals surface area contributed by atoms with Crippen molar-refractivity contribution in [2.45, 2.75) is 24.7 Å². The molecule has 42 heavy (non-hydrogen) atoms. The first-order valence-electron chi connectivity index (χ1n) is 12.8. The summed E-state index contributed by atoms with van der Waals surface area (Å²) in [7, 11) is -4.22. The van der Waals surface area contributed by atoms with E-state index in [1.807, 2.05) is 11.0 Å². The summed E-state index contributed by atoms with van der Waals surface area (Å²) in [6, 6.07) is 14.4. The first-order chi connectivity index (χ1) is 19.9. The number of nitrogens with zero attached hydrogens (tertiary/aromatic N) is 3. The molecule has 0 spiro atoms. The summed E-state index contributed by atoms with van der Waals surface area (Å²) in [5.74, 6) is -1.74. The number of halogens is 2. The number of anilines is 1. The van der Waals surface area contributed by atoms with E-state index in [4.69, 9.17) is 27.9 Å². The molecule has 1 fully saturated rings. The zero-order chi connectivity index (χ0) is 30.4. The summed E-state index contributed by atoms with van der Waals surface area (Å²) < 4.78 is 34.4. The van der Waals surface area contributed by atoms with Gasteiger partial charge in [-0.05, 0) is 98.9 Å². The van der Waals surface area contributed by atoms with Crippen molar-refractivity contribution >= 4 is 56.5 Å². The summed E-state index contributed by atoms with van der Waals surface area (Å²) in [5, 5.41) is 24.5. The quantitative estimate of drug-likeness (QED) is 0.201. The van der Waals surface area contributed by atoms with E-state index < -0.39 is 34.2 Å². The van der Waals surface area contributed by atoms with Crippen LogP contribution >= 0.6 is 23.2 Å². The van der Waals surface area contributed by atoms with Crippen molar-refractivity contribution in [3.8, 4) is 11.8 Å². The van der Waals surface area contributed by atoms with Crippen LogP contribution in [0.5, 0.6) is 5.75 Å². The normalized spacial score (nSPS) is 13.9. The molecule has 1 amide bonds. The molecule has 1 aliphatic rings. The number of nitriles is 1. The minimum Gasteiger partial charge on any atom is -0.860 e. The van der Waals surface area contributed by atoms with Crippen LogP contribution in [0.1, 0.15) is 39.9 Å². The molecule has 0 saturated carbocycles. The molecular formula is C29H25Cl2N4O6S-. The van der Waals surface area contributed by atoms with Gasteiger partial charge in [0.25, 0.3) is 15.9 Å². The van der Waals surface area contributed by atoms with Crippen LogP contribution in [0.2, 0.25) is 10.0 Å². The molecule has 3 aromatic carbocycles. The summed E-state index contributed by atoms with van der Waals surface area (Å²) in [4.78, 5) is 27.6. The van der Waals surface area contributed by atoms with E-state index in [9.17, 15) is 28.4 Å². The standard InChI is InChI=1S/C29H26Cl2N4O6S/c1-18-10-23(42(39,40)34-27(36)16-35-8-2-3-9-35)5-6-25(18)33-28(37)17-41-26-7-4-21(30)14-24(26)29(38)20-11-19(15-32)12-22(31)13-20/h4-7,10-14H,2-3,8-9,16-17H2,1H3,(H,33,37)(H,34,36)/p-1. The van der Waals surface area contributed by atoms with Crippen molar-refractivity contribution in [1.82, 2.24) is 4.90 Å². The van der Waals surface area contributed by atoms with E-state index in [1.54, 1.807) is 6.92 Å². The number of carbonyl (C=O) groups excluding carboxylic acids is 2. The maximum atomic E-state index is 13.2. The van der Waals surface area contributed by atoms with Crippen LogP contribution in [0.15, 0.2) is 63.9 Å². The van der Waals surface area contributed by atoms with Gasteiger partial charge in [-0.25, -0.2) is 0 Å². The predicted octanol–water partition coefficient (Wildman–Crippen LogP) is 3.97. The van der Waals surface area contributed by atoms with Gasteiger partial charge in [0.15, 0.2) is 12.4 Å². The highest BCUT2D eigenvalue weighted by Crippen LogP contribution is 2.28.